The number of hydrogen-bond acceptors (Lipinski definition) is 6. The third-order valence-electron chi connectivity index (χ3n) is 2.33. The van der Waals surface area contributed by atoms with Gasteiger partial charge in [0.25, 0.3) is 0 Å². The minimum atomic E-state index is -3.65. The largest absolute Gasteiger partial charge is 0.508 e. The van der Waals surface area contributed by atoms with Crippen molar-refractivity contribution in [3.8, 4) is 5.75 Å². The van der Waals surface area contributed by atoms with E-state index < -0.39 is 10.0 Å². The quantitative estimate of drug-likeness (QED) is 0.832. The van der Waals surface area contributed by atoms with Crippen LogP contribution in [0, 0.1) is 6.92 Å². The minimum Gasteiger partial charge on any atom is -0.508 e. The van der Waals surface area contributed by atoms with Gasteiger partial charge in [-0.25, -0.2) is 13.1 Å². The molecule has 2 N–H and O–H groups in total. The van der Waals surface area contributed by atoms with Gasteiger partial charge in [-0.3, -0.25) is 0 Å². The summed E-state index contributed by atoms with van der Waals surface area (Å²) in [5.41, 5.74) is 0. The summed E-state index contributed by atoms with van der Waals surface area (Å²) in [6.07, 6.45) is 0.304. The van der Waals surface area contributed by atoms with Gasteiger partial charge in [-0.15, -0.1) is 0 Å². The highest BCUT2D eigenvalue weighted by Gasteiger charge is 2.14. The van der Waals surface area contributed by atoms with E-state index in [2.05, 4.69) is 14.9 Å². The molecule has 0 saturated heterocycles. The van der Waals surface area contributed by atoms with Gasteiger partial charge in [0, 0.05) is 13.0 Å². The van der Waals surface area contributed by atoms with E-state index in [1.54, 1.807) is 6.92 Å². The number of phenols is 1. The van der Waals surface area contributed by atoms with Gasteiger partial charge < -0.3 is 9.63 Å². The number of sulfonamides is 1. The Bertz CT molecular complexity index is 666. The van der Waals surface area contributed by atoms with E-state index in [9.17, 15) is 13.5 Å². The topological polar surface area (TPSA) is 105 Å². The van der Waals surface area contributed by atoms with Crippen molar-refractivity contribution in [2.45, 2.75) is 18.2 Å². The maximum Gasteiger partial charge on any atom is 0.240 e. The predicted octanol–water partition coefficient (Wildman–Crippen LogP) is 0.605. The maximum absolute atomic E-state index is 11.9. The SMILES string of the molecule is Cc1noc(CCNS(=O)(=O)c2cccc(O)c2)n1. The maximum atomic E-state index is 11.9. The van der Waals surface area contributed by atoms with Crippen molar-refractivity contribution in [3.63, 3.8) is 0 Å². The number of aryl methyl sites for hydroxylation is 1. The van der Waals surface area contributed by atoms with Gasteiger partial charge in [-0.05, 0) is 25.1 Å². The summed E-state index contributed by atoms with van der Waals surface area (Å²) in [7, 11) is -3.65. The molecule has 8 heteroatoms. The third-order valence-corrected chi connectivity index (χ3v) is 3.79. The van der Waals surface area contributed by atoms with Crippen LogP contribution in [0.4, 0.5) is 0 Å². The molecule has 1 aromatic heterocycles. The van der Waals surface area contributed by atoms with Gasteiger partial charge in [0.2, 0.25) is 15.9 Å². The summed E-state index contributed by atoms with van der Waals surface area (Å²) < 4.78 is 31.0. The van der Waals surface area contributed by atoms with Crippen LogP contribution in [0.25, 0.3) is 0 Å². The number of nitrogens with one attached hydrogen (secondary N) is 1. The summed E-state index contributed by atoms with van der Waals surface area (Å²) in [6.45, 7) is 1.82. The molecule has 2 rings (SSSR count). The highest BCUT2D eigenvalue weighted by atomic mass is 32.2. The van der Waals surface area contributed by atoms with E-state index >= 15 is 0 Å². The molecule has 0 aliphatic carbocycles. The molecule has 7 nitrogen and oxygen atoms in total. The highest BCUT2D eigenvalue weighted by Crippen LogP contribution is 2.15. The van der Waals surface area contributed by atoms with E-state index in [0.29, 0.717) is 18.1 Å². The van der Waals surface area contributed by atoms with Gasteiger partial charge >= 0.3 is 0 Å². The van der Waals surface area contributed by atoms with Crippen LogP contribution < -0.4 is 4.72 Å². The molecule has 0 bridgehead atoms. The molecule has 19 heavy (non-hydrogen) atoms. The fourth-order valence-electron chi connectivity index (χ4n) is 1.47. The zero-order chi connectivity index (χ0) is 13.9. The molecule has 102 valence electrons. The second-order valence-corrected chi connectivity index (χ2v) is 5.65. The molecule has 0 aliphatic rings. The van der Waals surface area contributed by atoms with Gasteiger partial charge in [-0.1, -0.05) is 11.2 Å². The Morgan fingerprint density at radius 3 is 2.84 bits per heavy atom. The third kappa shape index (κ3) is 3.52. The van der Waals surface area contributed by atoms with Crippen molar-refractivity contribution in [1.82, 2.24) is 14.9 Å². The summed E-state index contributed by atoms with van der Waals surface area (Å²) >= 11 is 0. The average molecular weight is 283 g/mol. The van der Waals surface area contributed by atoms with Crippen molar-refractivity contribution >= 4 is 10.0 Å². The first kappa shape index (κ1) is 13.5. The zero-order valence-electron chi connectivity index (χ0n) is 10.2. The van der Waals surface area contributed by atoms with E-state index in [-0.39, 0.29) is 17.2 Å². The fourth-order valence-corrected chi connectivity index (χ4v) is 2.54. The second kappa shape index (κ2) is 5.37. The summed E-state index contributed by atoms with van der Waals surface area (Å²) in [4.78, 5) is 3.97. The Morgan fingerprint density at radius 2 is 2.21 bits per heavy atom. The number of hydrogen-bond donors (Lipinski definition) is 2. The summed E-state index contributed by atoms with van der Waals surface area (Å²) in [5, 5.41) is 12.9. The molecule has 1 heterocycles. The fraction of sp³-hybridized carbons (Fsp3) is 0.273. The second-order valence-electron chi connectivity index (χ2n) is 3.88. The van der Waals surface area contributed by atoms with E-state index in [0.717, 1.165) is 0 Å². The highest BCUT2D eigenvalue weighted by molar-refractivity contribution is 7.89. The van der Waals surface area contributed by atoms with Crippen molar-refractivity contribution in [3.05, 3.63) is 36.0 Å². The Hall–Kier alpha value is -1.93. The molecule has 0 atom stereocenters. The van der Waals surface area contributed by atoms with Crippen LogP contribution in [0.2, 0.25) is 0 Å². The number of nitrogens with zero attached hydrogens (tertiary/aromatic N) is 2. The first-order valence-corrected chi connectivity index (χ1v) is 7.03. The molecular weight excluding hydrogens is 270 g/mol. The van der Waals surface area contributed by atoms with Crippen molar-refractivity contribution in [1.29, 1.82) is 0 Å². The van der Waals surface area contributed by atoms with Gasteiger partial charge in [0.05, 0.1) is 4.90 Å². The molecule has 0 aliphatic heterocycles. The Kier molecular flexibility index (Phi) is 3.82. The molecule has 1 aromatic carbocycles. The minimum absolute atomic E-state index is 0.00853. The molecule has 2 aromatic rings. The lowest BCUT2D eigenvalue weighted by Crippen LogP contribution is -2.26. The van der Waals surface area contributed by atoms with Crippen molar-refractivity contribution < 1.29 is 18.0 Å². The molecule has 0 spiro atoms. The molecule has 0 radical (unpaired) electrons. The monoisotopic (exact) mass is 283 g/mol. The first-order chi connectivity index (χ1) is 8.97. The molecule has 0 amide bonds. The number of phenolic OH excluding ortho intramolecular Hbond substituents is 1. The standard InChI is InChI=1S/C11H13N3O4S/c1-8-13-11(18-14-8)5-6-12-19(16,17)10-4-2-3-9(15)7-10/h2-4,7,12,15H,5-6H2,1H3. The molecule has 0 fully saturated rings. The predicted molar refractivity (Wildman–Crippen MR) is 66.0 cm³/mol. The lowest BCUT2D eigenvalue weighted by Gasteiger charge is -2.05. The Labute approximate surface area is 110 Å². The van der Waals surface area contributed by atoms with E-state index in [1.807, 2.05) is 0 Å². The van der Waals surface area contributed by atoms with Crippen LogP contribution in [0.5, 0.6) is 5.75 Å². The van der Waals surface area contributed by atoms with E-state index in [1.165, 1.54) is 24.3 Å². The number of aromatic hydroxyl groups is 1. The van der Waals surface area contributed by atoms with Crippen LogP contribution in [0.15, 0.2) is 33.7 Å². The normalized spacial score (nSPS) is 11.6. The van der Waals surface area contributed by atoms with Crippen LogP contribution in [-0.4, -0.2) is 30.2 Å². The Morgan fingerprint density at radius 1 is 1.42 bits per heavy atom. The number of aromatic nitrogens is 2. The lowest BCUT2D eigenvalue weighted by atomic mass is 10.3. The average Bonchev–Trinajstić information content (AvgIpc) is 2.75. The van der Waals surface area contributed by atoms with Crippen molar-refractivity contribution in [2.24, 2.45) is 0 Å². The van der Waals surface area contributed by atoms with Crippen LogP contribution >= 0.6 is 0 Å². The number of rotatable bonds is 5. The van der Waals surface area contributed by atoms with Crippen LogP contribution in [0.3, 0.4) is 0 Å². The van der Waals surface area contributed by atoms with Gasteiger partial charge in [0.15, 0.2) is 5.82 Å². The Balaban J connectivity index is 1.98. The first-order valence-electron chi connectivity index (χ1n) is 5.55. The van der Waals surface area contributed by atoms with Crippen LogP contribution in [-0.2, 0) is 16.4 Å². The van der Waals surface area contributed by atoms with Gasteiger partial charge in [-0.2, -0.15) is 4.98 Å². The van der Waals surface area contributed by atoms with Crippen molar-refractivity contribution in [2.75, 3.05) is 6.54 Å². The molecule has 0 unspecified atom stereocenters. The van der Waals surface area contributed by atoms with E-state index in [4.69, 9.17) is 4.52 Å². The lowest BCUT2D eigenvalue weighted by molar-refractivity contribution is 0.375. The zero-order valence-corrected chi connectivity index (χ0v) is 11.0. The number of benzene rings is 1. The molecular formula is C11H13N3O4S. The van der Waals surface area contributed by atoms with Crippen LogP contribution in [0.1, 0.15) is 11.7 Å². The molecule has 0 saturated carbocycles. The summed E-state index contributed by atoms with van der Waals surface area (Å²) in [5.74, 6) is 0.775. The smallest absolute Gasteiger partial charge is 0.240 e. The summed E-state index contributed by atoms with van der Waals surface area (Å²) in [6, 6.07) is 5.45. The van der Waals surface area contributed by atoms with Gasteiger partial charge in [0.1, 0.15) is 5.75 Å².